The van der Waals surface area contributed by atoms with E-state index in [2.05, 4.69) is 25.5 Å². The average molecular weight is 382 g/mol. The maximum atomic E-state index is 14.2. The van der Waals surface area contributed by atoms with Crippen molar-refractivity contribution in [2.45, 2.75) is 31.6 Å². The van der Waals surface area contributed by atoms with Crippen LogP contribution in [-0.2, 0) is 5.41 Å². The number of thiazole rings is 1. The minimum Gasteiger partial charge on any atom is -0.368 e. The van der Waals surface area contributed by atoms with Crippen molar-refractivity contribution in [1.82, 2.24) is 20.2 Å². The third kappa shape index (κ3) is 3.44. The molecule has 1 fully saturated rings. The highest BCUT2D eigenvalue weighted by molar-refractivity contribution is 7.16. The van der Waals surface area contributed by atoms with Gasteiger partial charge in [-0.3, -0.25) is 4.98 Å². The van der Waals surface area contributed by atoms with Gasteiger partial charge < -0.3 is 10.7 Å². The molecule has 2 N–H and O–H groups in total. The highest BCUT2D eigenvalue weighted by atomic mass is 32.1. The molecule has 6 nitrogen and oxygen atoms in total. The summed E-state index contributed by atoms with van der Waals surface area (Å²) >= 11 is 1.42. The number of pyridine rings is 1. The van der Waals surface area contributed by atoms with E-state index in [0.29, 0.717) is 29.5 Å². The number of anilines is 1. The first-order valence-corrected chi connectivity index (χ1v) is 9.59. The summed E-state index contributed by atoms with van der Waals surface area (Å²) in [5.74, 6) is 0.392. The molecule has 4 rings (SSSR count). The number of hydrogen-bond donors (Lipinski definition) is 2. The largest absolute Gasteiger partial charge is 0.368 e. The van der Waals surface area contributed by atoms with E-state index >= 15 is 0 Å². The average Bonchev–Trinajstić information content (AvgIpc) is 3.13. The van der Waals surface area contributed by atoms with Gasteiger partial charge in [0.1, 0.15) is 22.3 Å². The Bertz CT molecular complexity index is 964. The number of nitrogens with zero attached hydrogens (tertiary/aromatic N) is 4. The predicted octanol–water partition coefficient (Wildman–Crippen LogP) is 4.06. The molecule has 27 heavy (non-hydrogen) atoms. The normalized spacial score (nSPS) is 15.2. The van der Waals surface area contributed by atoms with Crippen molar-refractivity contribution in [3.05, 3.63) is 53.0 Å². The Labute approximate surface area is 160 Å². The zero-order chi connectivity index (χ0) is 18.9. The van der Waals surface area contributed by atoms with Gasteiger partial charge in [-0.15, -0.1) is 21.5 Å². The van der Waals surface area contributed by atoms with Crippen molar-refractivity contribution in [2.24, 2.45) is 0 Å². The fraction of sp³-hybridized carbons (Fsp3) is 0.316. The fourth-order valence-electron chi connectivity index (χ4n) is 3.24. The van der Waals surface area contributed by atoms with Crippen LogP contribution >= 0.6 is 11.3 Å². The Morgan fingerprint density at radius 3 is 2.70 bits per heavy atom. The van der Waals surface area contributed by atoms with Crippen molar-refractivity contribution in [1.29, 1.82) is 5.41 Å². The Kier molecular flexibility index (Phi) is 4.65. The second-order valence-electron chi connectivity index (χ2n) is 6.78. The summed E-state index contributed by atoms with van der Waals surface area (Å²) in [6, 6.07) is 6.79. The van der Waals surface area contributed by atoms with E-state index in [0.717, 1.165) is 29.1 Å². The first kappa shape index (κ1) is 17.7. The van der Waals surface area contributed by atoms with Crippen molar-refractivity contribution in [3.63, 3.8) is 0 Å². The Morgan fingerprint density at radius 1 is 1.26 bits per heavy atom. The zero-order valence-electron chi connectivity index (χ0n) is 14.9. The molecule has 1 aliphatic carbocycles. The standard InChI is InChI=1S/C19H19FN6S/c1-12(21)15-10-23-18(27-15)14-5-6-16(26-25-14)24-11-19(7-3-8-19)17-13(20)4-2-9-22-17/h2,4-6,9-10,21H,3,7-8,11H2,1H3,(H,24,26). The van der Waals surface area contributed by atoms with Gasteiger partial charge in [0, 0.05) is 30.1 Å². The van der Waals surface area contributed by atoms with Crippen LogP contribution in [-0.4, -0.2) is 32.4 Å². The van der Waals surface area contributed by atoms with E-state index in [4.69, 9.17) is 5.41 Å². The summed E-state index contributed by atoms with van der Waals surface area (Å²) < 4.78 is 14.2. The molecular weight excluding hydrogens is 363 g/mol. The van der Waals surface area contributed by atoms with Crippen LogP contribution in [0.25, 0.3) is 10.7 Å². The Morgan fingerprint density at radius 2 is 2.11 bits per heavy atom. The molecule has 0 aromatic carbocycles. The van der Waals surface area contributed by atoms with E-state index in [-0.39, 0.29) is 11.2 Å². The van der Waals surface area contributed by atoms with Crippen LogP contribution in [0.1, 0.15) is 36.8 Å². The number of aromatic nitrogens is 4. The summed E-state index contributed by atoms with van der Waals surface area (Å²) in [7, 11) is 0. The fourth-order valence-corrected chi connectivity index (χ4v) is 4.03. The first-order valence-electron chi connectivity index (χ1n) is 8.78. The highest BCUT2D eigenvalue weighted by Gasteiger charge is 2.41. The smallest absolute Gasteiger partial charge is 0.148 e. The summed E-state index contributed by atoms with van der Waals surface area (Å²) in [5.41, 5.74) is 1.41. The van der Waals surface area contributed by atoms with Crippen LogP contribution in [0.2, 0.25) is 0 Å². The molecule has 0 unspecified atom stereocenters. The number of nitrogens with one attached hydrogen (secondary N) is 2. The maximum absolute atomic E-state index is 14.2. The van der Waals surface area contributed by atoms with Crippen LogP contribution in [0.5, 0.6) is 0 Å². The van der Waals surface area contributed by atoms with Gasteiger partial charge in [0.2, 0.25) is 0 Å². The Hall–Kier alpha value is -2.74. The SMILES string of the molecule is CC(=N)c1cnc(-c2ccc(NCC3(c4ncccc4F)CCC3)nn2)s1. The van der Waals surface area contributed by atoms with Crippen LogP contribution < -0.4 is 5.32 Å². The van der Waals surface area contributed by atoms with Crippen LogP contribution in [0.3, 0.4) is 0 Å². The molecule has 1 aliphatic rings. The quantitative estimate of drug-likeness (QED) is 0.628. The van der Waals surface area contributed by atoms with E-state index in [1.165, 1.54) is 17.4 Å². The molecule has 3 aromatic rings. The summed E-state index contributed by atoms with van der Waals surface area (Å²) in [6.07, 6.45) is 6.21. The molecule has 0 aliphatic heterocycles. The van der Waals surface area contributed by atoms with E-state index < -0.39 is 0 Å². The van der Waals surface area contributed by atoms with Crippen molar-refractivity contribution in [3.8, 4) is 10.7 Å². The molecule has 0 saturated heterocycles. The van der Waals surface area contributed by atoms with Crippen molar-refractivity contribution < 1.29 is 4.39 Å². The van der Waals surface area contributed by atoms with Gasteiger partial charge in [0.15, 0.2) is 0 Å². The molecule has 3 heterocycles. The zero-order valence-corrected chi connectivity index (χ0v) is 15.7. The maximum Gasteiger partial charge on any atom is 0.148 e. The van der Waals surface area contributed by atoms with Gasteiger partial charge in [-0.25, -0.2) is 9.37 Å². The van der Waals surface area contributed by atoms with E-state index in [1.807, 2.05) is 12.1 Å². The van der Waals surface area contributed by atoms with Crippen molar-refractivity contribution in [2.75, 3.05) is 11.9 Å². The molecule has 138 valence electrons. The van der Waals surface area contributed by atoms with Gasteiger partial charge in [-0.05, 0) is 44.0 Å². The third-order valence-electron chi connectivity index (χ3n) is 4.94. The summed E-state index contributed by atoms with van der Waals surface area (Å²) in [5, 5.41) is 20.1. The molecule has 0 radical (unpaired) electrons. The number of rotatable bonds is 6. The second-order valence-corrected chi connectivity index (χ2v) is 7.81. The lowest BCUT2D eigenvalue weighted by atomic mass is 9.66. The highest BCUT2D eigenvalue weighted by Crippen LogP contribution is 2.43. The third-order valence-corrected chi connectivity index (χ3v) is 6.08. The summed E-state index contributed by atoms with van der Waals surface area (Å²) in [4.78, 5) is 9.40. The molecule has 8 heteroatoms. The lowest BCUT2D eigenvalue weighted by Gasteiger charge is -2.41. The lowest BCUT2D eigenvalue weighted by molar-refractivity contribution is 0.243. The summed E-state index contributed by atoms with van der Waals surface area (Å²) in [6.45, 7) is 2.31. The van der Waals surface area contributed by atoms with Crippen LogP contribution in [0.15, 0.2) is 36.7 Å². The second kappa shape index (κ2) is 7.11. The monoisotopic (exact) mass is 382 g/mol. The predicted molar refractivity (Wildman–Crippen MR) is 104 cm³/mol. The topological polar surface area (TPSA) is 87.4 Å². The molecular formula is C19H19FN6S. The molecule has 0 atom stereocenters. The number of hydrogen-bond acceptors (Lipinski definition) is 7. The number of halogens is 1. The van der Waals surface area contributed by atoms with Gasteiger partial charge in [-0.2, -0.15) is 0 Å². The molecule has 0 spiro atoms. The van der Waals surface area contributed by atoms with E-state index in [1.54, 1.807) is 25.4 Å². The van der Waals surface area contributed by atoms with Crippen LogP contribution in [0, 0.1) is 11.2 Å². The van der Waals surface area contributed by atoms with Gasteiger partial charge in [0.05, 0.1) is 10.6 Å². The van der Waals surface area contributed by atoms with Gasteiger partial charge in [-0.1, -0.05) is 6.42 Å². The van der Waals surface area contributed by atoms with Gasteiger partial charge in [0.25, 0.3) is 0 Å². The lowest BCUT2D eigenvalue weighted by Crippen LogP contribution is -2.42. The van der Waals surface area contributed by atoms with Gasteiger partial charge >= 0.3 is 0 Å². The molecule has 0 bridgehead atoms. The molecule has 1 saturated carbocycles. The minimum atomic E-state index is -0.280. The van der Waals surface area contributed by atoms with Crippen molar-refractivity contribution >= 4 is 22.9 Å². The Balaban J connectivity index is 1.47. The molecule has 0 amide bonds. The first-order chi connectivity index (χ1) is 13.1. The van der Waals surface area contributed by atoms with Crippen LogP contribution in [0.4, 0.5) is 10.2 Å². The minimum absolute atomic E-state index is 0.249. The van der Waals surface area contributed by atoms with E-state index in [9.17, 15) is 4.39 Å². The molecule has 3 aromatic heterocycles.